The van der Waals surface area contributed by atoms with Crippen molar-refractivity contribution in [1.29, 1.82) is 0 Å². The van der Waals surface area contributed by atoms with Crippen LogP contribution in [0.15, 0.2) is 30.3 Å². The van der Waals surface area contributed by atoms with Gasteiger partial charge in [0.05, 0.1) is 25.9 Å². The molecule has 1 unspecified atom stereocenters. The normalized spacial score (nSPS) is 12.6. The van der Waals surface area contributed by atoms with E-state index in [-0.39, 0.29) is 0 Å². The van der Waals surface area contributed by atoms with Crippen LogP contribution in [0.2, 0.25) is 0 Å². The monoisotopic (exact) mass is 253 g/mol. The summed E-state index contributed by atoms with van der Waals surface area (Å²) < 4.78 is 10.1. The van der Waals surface area contributed by atoms with E-state index in [1.165, 1.54) is 5.56 Å². The molecule has 1 atom stereocenters. The lowest BCUT2D eigenvalue weighted by atomic mass is 10.1. The highest BCUT2D eigenvalue weighted by Crippen LogP contribution is 1.98. The van der Waals surface area contributed by atoms with Crippen molar-refractivity contribution in [2.75, 3.05) is 40.0 Å². The van der Waals surface area contributed by atoms with Crippen molar-refractivity contribution in [3.05, 3.63) is 35.9 Å². The molecule has 18 heavy (non-hydrogen) atoms. The van der Waals surface area contributed by atoms with Crippen molar-refractivity contribution in [3.8, 4) is 0 Å². The average molecular weight is 253 g/mol. The maximum absolute atomic E-state index is 9.62. The topological polar surface area (TPSA) is 50.7 Å². The number of benzene rings is 1. The Labute approximate surface area is 109 Å². The molecule has 0 radical (unpaired) electrons. The van der Waals surface area contributed by atoms with E-state index in [4.69, 9.17) is 9.47 Å². The molecule has 4 nitrogen and oxygen atoms in total. The van der Waals surface area contributed by atoms with Gasteiger partial charge < -0.3 is 19.9 Å². The van der Waals surface area contributed by atoms with Gasteiger partial charge in [0.15, 0.2) is 0 Å². The van der Waals surface area contributed by atoms with Gasteiger partial charge in [-0.1, -0.05) is 30.3 Å². The molecular formula is C14H23NO3. The maximum Gasteiger partial charge on any atom is 0.0897 e. The number of rotatable bonds is 10. The Morgan fingerprint density at radius 1 is 1.22 bits per heavy atom. The van der Waals surface area contributed by atoms with Gasteiger partial charge in [0.2, 0.25) is 0 Å². The molecule has 0 saturated heterocycles. The van der Waals surface area contributed by atoms with E-state index in [0.29, 0.717) is 26.4 Å². The number of hydrogen-bond acceptors (Lipinski definition) is 4. The zero-order valence-corrected chi connectivity index (χ0v) is 11.0. The Morgan fingerprint density at radius 2 is 2.00 bits per heavy atom. The van der Waals surface area contributed by atoms with E-state index in [0.717, 1.165) is 13.0 Å². The van der Waals surface area contributed by atoms with Gasteiger partial charge in [-0.2, -0.15) is 0 Å². The Kier molecular flexibility index (Phi) is 8.42. The quantitative estimate of drug-likeness (QED) is 0.607. The molecule has 0 amide bonds. The molecule has 0 fully saturated rings. The molecule has 102 valence electrons. The van der Waals surface area contributed by atoms with Crippen molar-refractivity contribution in [3.63, 3.8) is 0 Å². The van der Waals surface area contributed by atoms with Gasteiger partial charge in [-0.15, -0.1) is 0 Å². The molecule has 0 aliphatic heterocycles. The van der Waals surface area contributed by atoms with Gasteiger partial charge in [0, 0.05) is 13.7 Å². The molecule has 0 aromatic heterocycles. The number of ether oxygens (including phenoxy) is 2. The summed E-state index contributed by atoms with van der Waals surface area (Å²) in [6, 6.07) is 10.3. The van der Waals surface area contributed by atoms with Gasteiger partial charge in [-0.3, -0.25) is 0 Å². The van der Waals surface area contributed by atoms with Crippen LogP contribution in [-0.4, -0.2) is 51.2 Å². The number of hydrogen-bond donors (Lipinski definition) is 2. The summed E-state index contributed by atoms with van der Waals surface area (Å²) >= 11 is 0. The second kappa shape index (κ2) is 10.0. The van der Waals surface area contributed by atoms with Crippen molar-refractivity contribution in [2.24, 2.45) is 0 Å². The second-order valence-corrected chi connectivity index (χ2v) is 4.16. The minimum Gasteiger partial charge on any atom is -0.389 e. The number of aliphatic hydroxyl groups excluding tert-OH is 1. The lowest BCUT2D eigenvalue weighted by Crippen LogP contribution is -2.32. The van der Waals surface area contributed by atoms with Crippen LogP contribution in [0.4, 0.5) is 0 Å². The highest BCUT2D eigenvalue weighted by Gasteiger charge is 2.03. The third-order valence-electron chi connectivity index (χ3n) is 2.56. The molecule has 1 rings (SSSR count). The first kappa shape index (κ1) is 15.1. The fourth-order valence-corrected chi connectivity index (χ4v) is 1.57. The van der Waals surface area contributed by atoms with E-state index in [2.05, 4.69) is 17.4 Å². The lowest BCUT2D eigenvalue weighted by Gasteiger charge is -2.12. The molecule has 1 aromatic rings. The van der Waals surface area contributed by atoms with Crippen LogP contribution in [0.5, 0.6) is 0 Å². The van der Waals surface area contributed by atoms with Crippen molar-refractivity contribution >= 4 is 0 Å². The van der Waals surface area contributed by atoms with Crippen molar-refractivity contribution in [2.45, 2.75) is 12.5 Å². The minimum atomic E-state index is -0.461. The predicted molar refractivity (Wildman–Crippen MR) is 71.7 cm³/mol. The third kappa shape index (κ3) is 7.40. The number of nitrogens with one attached hydrogen (secondary N) is 1. The highest BCUT2D eigenvalue weighted by molar-refractivity contribution is 5.14. The van der Waals surface area contributed by atoms with Gasteiger partial charge in [0.25, 0.3) is 0 Å². The van der Waals surface area contributed by atoms with Crippen molar-refractivity contribution < 1.29 is 14.6 Å². The van der Waals surface area contributed by atoms with Crippen LogP contribution in [0.25, 0.3) is 0 Å². The van der Waals surface area contributed by atoms with Crippen LogP contribution >= 0.6 is 0 Å². The van der Waals surface area contributed by atoms with Gasteiger partial charge >= 0.3 is 0 Å². The van der Waals surface area contributed by atoms with Crippen LogP contribution in [-0.2, 0) is 15.9 Å². The van der Waals surface area contributed by atoms with E-state index >= 15 is 0 Å². The summed E-state index contributed by atoms with van der Waals surface area (Å²) in [5.74, 6) is 0. The van der Waals surface area contributed by atoms with Gasteiger partial charge in [0.1, 0.15) is 0 Å². The van der Waals surface area contributed by atoms with Crippen molar-refractivity contribution in [1.82, 2.24) is 5.32 Å². The summed E-state index contributed by atoms with van der Waals surface area (Å²) in [6.07, 6.45) is 0.510. The number of aliphatic hydroxyl groups is 1. The Morgan fingerprint density at radius 3 is 2.72 bits per heavy atom. The fraction of sp³-hybridized carbons (Fsp3) is 0.571. The van der Waals surface area contributed by atoms with Crippen LogP contribution < -0.4 is 5.32 Å². The molecule has 0 bridgehead atoms. The van der Waals surface area contributed by atoms with Crippen LogP contribution in [0, 0.1) is 0 Å². The predicted octanol–water partition coefficient (Wildman–Crippen LogP) is 0.843. The van der Waals surface area contributed by atoms with Gasteiger partial charge in [-0.25, -0.2) is 0 Å². The Bertz CT molecular complexity index is 292. The standard InChI is InChI=1S/C14H23NO3/c1-17-9-10-18-12-14(16)11-15-8-7-13-5-3-2-4-6-13/h2-6,14-16H,7-12H2,1H3. The smallest absolute Gasteiger partial charge is 0.0897 e. The molecule has 1 aromatic carbocycles. The van der Waals surface area contributed by atoms with E-state index in [9.17, 15) is 5.11 Å². The molecule has 2 N–H and O–H groups in total. The fourth-order valence-electron chi connectivity index (χ4n) is 1.57. The summed E-state index contributed by atoms with van der Waals surface area (Å²) in [6.45, 7) is 2.85. The summed E-state index contributed by atoms with van der Waals surface area (Å²) in [5.41, 5.74) is 1.30. The first-order valence-electron chi connectivity index (χ1n) is 6.32. The average Bonchev–Trinajstić information content (AvgIpc) is 2.41. The molecule has 4 heteroatoms. The Balaban J connectivity index is 1.97. The molecule has 0 saturated carbocycles. The summed E-state index contributed by atoms with van der Waals surface area (Å²) in [4.78, 5) is 0. The molecule has 0 aliphatic carbocycles. The second-order valence-electron chi connectivity index (χ2n) is 4.16. The van der Waals surface area contributed by atoms with E-state index in [1.54, 1.807) is 7.11 Å². The Hall–Kier alpha value is -0.940. The first-order chi connectivity index (χ1) is 8.83. The minimum absolute atomic E-state index is 0.349. The zero-order valence-electron chi connectivity index (χ0n) is 11.0. The lowest BCUT2D eigenvalue weighted by molar-refractivity contribution is 0.0139. The highest BCUT2D eigenvalue weighted by atomic mass is 16.5. The SMILES string of the molecule is COCCOCC(O)CNCCc1ccccc1. The summed E-state index contributed by atoms with van der Waals surface area (Å²) in [5, 5.41) is 12.8. The molecule has 0 heterocycles. The zero-order chi connectivity index (χ0) is 13.1. The van der Waals surface area contributed by atoms with Crippen LogP contribution in [0.3, 0.4) is 0 Å². The van der Waals surface area contributed by atoms with E-state index in [1.807, 2.05) is 18.2 Å². The van der Waals surface area contributed by atoms with Gasteiger partial charge in [-0.05, 0) is 18.5 Å². The van der Waals surface area contributed by atoms with E-state index < -0.39 is 6.10 Å². The first-order valence-corrected chi connectivity index (χ1v) is 6.32. The molecular weight excluding hydrogens is 230 g/mol. The summed E-state index contributed by atoms with van der Waals surface area (Å²) in [7, 11) is 1.63. The maximum atomic E-state index is 9.62. The third-order valence-corrected chi connectivity index (χ3v) is 2.56. The largest absolute Gasteiger partial charge is 0.389 e. The molecule has 0 aliphatic rings. The van der Waals surface area contributed by atoms with Crippen LogP contribution in [0.1, 0.15) is 5.56 Å². The number of methoxy groups -OCH3 is 1. The molecule has 0 spiro atoms.